The predicted molar refractivity (Wildman–Crippen MR) is 86.4 cm³/mol. The van der Waals surface area contributed by atoms with Crippen LogP contribution in [-0.2, 0) is 14.6 Å². The number of hydrogen-bond acceptors (Lipinski definition) is 4. The number of halogens is 1. The minimum atomic E-state index is -3.02. The molecule has 23 heavy (non-hydrogen) atoms. The van der Waals surface area contributed by atoms with E-state index < -0.39 is 9.84 Å². The molecule has 1 aromatic rings. The number of hydrogen-bond donors (Lipinski definition) is 1. The van der Waals surface area contributed by atoms with Gasteiger partial charge >= 0.3 is 0 Å². The maximum atomic E-state index is 12.9. The zero-order chi connectivity index (χ0) is 16.4. The second kappa shape index (κ2) is 6.47. The minimum absolute atomic E-state index is 0.000405. The molecule has 0 bridgehead atoms. The molecule has 2 heterocycles. The molecule has 126 valence electrons. The smallest absolute Gasteiger partial charge is 0.226 e. The van der Waals surface area contributed by atoms with Crippen molar-refractivity contribution in [2.24, 2.45) is 5.92 Å². The number of sulfone groups is 1. The van der Waals surface area contributed by atoms with E-state index in [1.54, 1.807) is 17.0 Å². The molecule has 1 aromatic carbocycles. The normalized spacial score (nSPS) is 24.6. The Labute approximate surface area is 135 Å². The zero-order valence-corrected chi connectivity index (χ0v) is 13.7. The Hall–Kier alpha value is -1.63. The van der Waals surface area contributed by atoms with E-state index >= 15 is 0 Å². The molecule has 0 aliphatic carbocycles. The average molecular weight is 340 g/mol. The molecule has 0 spiro atoms. The molecule has 2 aliphatic heterocycles. The van der Waals surface area contributed by atoms with E-state index in [1.165, 1.54) is 12.1 Å². The number of nitrogens with zero attached hydrogens (tertiary/aromatic N) is 1. The minimum Gasteiger partial charge on any atom is -0.382 e. The van der Waals surface area contributed by atoms with Gasteiger partial charge in [0.05, 0.1) is 17.4 Å². The van der Waals surface area contributed by atoms with Crippen LogP contribution in [-0.4, -0.2) is 49.9 Å². The topological polar surface area (TPSA) is 66.5 Å². The third kappa shape index (κ3) is 4.02. The van der Waals surface area contributed by atoms with Gasteiger partial charge in [-0.15, -0.1) is 0 Å². The Balaban J connectivity index is 1.50. The van der Waals surface area contributed by atoms with Crippen molar-refractivity contribution in [3.63, 3.8) is 0 Å². The summed E-state index contributed by atoms with van der Waals surface area (Å²) in [6.07, 6.45) is 2.07. The van der Waals surface area contributed by atoms with Crippen LogP contribution < -0.4 is 5.32 Å². The lowest BCUT2D eigenvalue weighted by Crippen LogP contribution is -2.45. The summed E-state index contributed by atoms with van der Waals surface area (Å²) in [4.78, 5) is 14.2. The number of piperidine rings is 1. The number of likely N-dealkylation sites (tertiary alicyclic amines) is 1. The van der Waals surface area contributed by atoms with Crippen molar-refractivity contribution in [2.45, 2.75) is 25.3 Å². The summed E-state index contributed by atoms with van der Waals surface area (Å²) in [5.41, 5.74) is 0.873. The van der Waals surface area contributed by atoms with Crippen LogP contribution in [0.1, 0.15) is 19.3 Å². The van der Waals surface area contributed by atoms with Gasteiger partial charge in [-0.2, -0.15) is 0 Å². The van der Waals surface area contributed by atoms with E-state index in [0.29, 0.717) is 19.5 Å². The summed E-state index contributed by atoms with van der Waals surface area (Å²) >= 11 is 0. The van der Waals surface area contributed by atoms with Crippen molar-refractivity contribution in [2.75, 3.05) is 29.9 Å². The molecule has 2 fully saturated rings. The van der Waals surface area contributed by atoms with Crippen molar-refractivity contribution < 1.29 is 17.6 Å². The van der Waals surface area contributed by atoms with E-state index in [1.807, 2.05) is 0 Å². The highest BCUT2D eigenvalue weighted by atomic mass is 32.2. The van der Waals surface area contributed by atoms with Gasteiger partial charge in [0.15, 0.2) is 9.84 Å². The number of carbonyl (C=O) groups is 1. The Kier molecular flexibility index (Phi) is 4.57. The maximum Gasteiger partial charge on any atom is 0.226 e. The average Bonchev–Trinajstić information content (AvgIpc) is 2.90. The number of nitrogens with one attached hydrogen (secondary N) is 1. The number of amides is 1. The van der Waals surface area contributed by atoms with Crippen LogP contribution in [0.15, 0.2) is 24.3 Å². The highest BCUT2D eigenvalue weighted by Gasteiger charge is 2.36. The van der Waals surface area contributed by atoms with Crippen LogP contribution in [0.3, 0.4) is 0 Å². The second-order valence-electron chi connectivity index (χ2n) is 6.35. The van der Waals surface area contributed by atoms with Crippen LogP contribution in [0.2, 0.25) is 0 Å². The van der Waals surface area contributed by atoms with Crippen LogP contribution in [0.25, 0.3) is 0 Å². The molecular weight excluding hydrogens is 319 g/mol. The molecule has 0 aromatic heterocycles. The lowest BCUT2D eigenvalue weighted by atomic mass is 10.0. The standard InChI is InChI=1S/C16H21FN2O3S/c17-13-1-3-14(4-2-13)18-15-5-8-19(9-6-15)16(20)12-7-10-23(21,22)11-12/h1-4,12,15,18H,5-11H2. The van der Waals surface area contributed by atoms with E-state index in [2.05, 4.69) is 5.32 Å². The monoisotopic (exact) mass is 340 g/mol. The quantitative estimate of drug-likeness (QED) is 0.909. The molecule has 2 aliphatic rings. The van der Waals surface area contributed by atoms with Crippen molar-refractivity contribution in [3.05, 3.63) is 30.1 Å². The van der Waals surface area contributed by atoms with Gasteiger partial charge in [-0.25, -0.2) is 12.8 Å². The number of rotatable bonds is 3. The van der Waals surface area contributed by atoms with Crippen LogP contribution >= 0.6 is 0 Å². The van der Waals surface area contributed by atoms with Gasteiger partial charge in [-0.3, -0.25) is 4.79 Å². The lowest BCUT2D eigenvalue weighted by Gasteiger charge is -2.34. The maximum absolute atomic E-state index is 12.9. The molecule has 1 unspecified atom stereocenters. The molecule has 0 saturated carbocycles. The lowest BCUT2D eigenvalue weighted by molar-refractivity contribution is -0.135. The van der Waals surface area contributed by atoms with Crippen molar-refractivity contribution in [3.8, 4) is 0 Å². The van der Waals surface area contributed by atoms with Crippen molar-refractivity contribution in [1.29, 1.82) is 0 Å². The van der Waals surface area contributed by atoms with E-state index in [0.717, 1.165) is 18.5 Å². The highest BCUT2D eigenvalue weighted by molar-refractivity contribution is 7.91. The van der Waals surface area contributed by atoms with Crippen molar-refractivity contribution in [1.82, 2.24) is 4.90 Å². The summed E-state index contributed by atoms with van der Waals surface area (Å²) in [5.74, 6) is -0.513. The number of benzene rings is 1. The molecule has 2 saturated heterocycles. The zero-order valence-electron chi connectivity index (χ0n) is 12.9. The van der Waals surface area contributed by atoms with Gasteiger partial charge in [0.2, 0.25) is 5.91 Å². The first-order valence-electron chi connectivity index (χ1n) is 7.94. The summed E-state index contributed by atoms with van der Waals surface area (Å²) in [6.45, 7) is 1.27. The van der Waals surface area contributed by atoms with Crippen LogP contribution in [0.4, 0.5) is 10.1 Å². The van der Waals surface area contributed by atoms with E-state index in [-0.39, 0.29) is 35.2 Å². The fourth-order valence-corrected chi connectivity index (χ4v) is 5.01. The number of anilines is 1. The Morgan fingerprint density at radius 3 is 2.35 bits per heavy atom. The molecule has 1 atom stereocenters. The summed E-state index contributed by atoms with van der Waals surface area (Å²) < 4.78 is 35.9. The molecule has 0 radical (unpaired) electrons. The van der Waals surface area contributed by atoms with Gasteiger partial charge < -0.3 is 10.2 Å². The van der Waals surface area contributed by atoms with E-state index in [4.69, 9.17) is 0 Å². The van der Waals surface area contributed by atoms with Crippen molar-refractivity contribution >= 4 is 21.4 Å². The van der Waals surface area contributed by atoms with Crippen LogP contribution in [0, 0.1) is 11.7 Å². The summed E-state index contributed by atoms with van der Waals surface area (Å²) in [5, 5.41) is 3.35. The molecular formula is C16H21FN2O3S. The fourth-order valence-electron chi connectivity index (χ4n) is 3.27. The third-order valence-electron chi connectivity index (χ3n) is 4.60. The predicted octanol–water partition coefficient (Wildman–Crippen LogP) is 1.66. The second-order valence-corrected chi connectivity index (χ2v) is 8.58. The van der Waals surface area contributed by atoms with Gasteiger partial charge in [0.1, 0.15) is 5.82 Å². The molecule has 3 rings (SSSR count). The number of carbonyl (C=O) groups excluding carboxylic acids is 1. The van der Waals surface area contributed by atoms with Gasteiger partial charge in [0.25, 0.3) is 0 Å². The molecule has 1 N–H and O–H groups in total. The first-order valence-corrected chi connectivity index (χ1v) is 9.76. The molecule has 5 nitrogen and oxygen atoms in total. The Morgan fingerprint density at radius 2 is 1.78 bits per heavy atom. The first-order chi connectivity index (χ1) is 10.9. The first kappa shape index (κ1) is 16.2. The summed E-state index contributed by atoms with van der Waals surface area (Å²) in [7, 11) is -3.02. The van der Waals surface area contributed by atoms with E-state index in [9.17, 15) is 17.6 Å². The van der Waals surface area contributed by atoms with Gasteiger partial charge in [0, 0.05) is 24.8 Å². The molecule has 7 heteroatoms. The Bertz CT molecular complexity index is 667. The summed E-state index contributed by atoms with van der Waals surface area (Å²) in [6, 6.07) is 6.49. The highest BCUT2D eigenvalue weighted by Crippen LogP contribution is 2.23. The SMILES string of the molecule is O=C(C1CCS(=O)(=O)C1)N1CCC(Nc2ccc(F)cc2)CC1. The fraction of sp³-hybridized carbons (Fsp3) is 0.562. The molecule has 1 amide bonds. The Morgan fingerprint density at radius 1 is 1.13 bits per heavy atom. The third-order valence-corrected chi connectivity index (χ3v) is 6.37. The van der Waals surface area contributed by atoms with Gasteiger partial charge in [-0.05, 0) is 43.5 Å². The van der Waals surface area contributed by atoms with Crippen LogP contribution in [0.5, 0.6) is 0 Å². The largest absolute Gasteiger partial charge is 0.382 e. The van der Waals surface area contributed by atoms with Gasteiger partial charge in [-0.1, -0.05) is 0 Å².